The molecule has 7 rings (SSSR count). The van der Waals surface area contributed by atoms with Crippen molar-refractivity contribution in [1.82, 2.24) is 10.3 Å². The van der Waals surface area contributed by atoms with E-state index >= 15 is 0 Å². The lowest BCUT2D eigenvalue weighted by Gasteiger charge is -2.24. The molecule has 3 N–H and O–H groups in total. The number of aromatic nitrogens is 1. The third-order valence-electron chi connectivity index (χ3n) is 8.30. The summed E-state index contributed by atoms with van der Waals surface area (Å²) in [4.78, 5) is 46.8. The van der Waals surface area contributed by atoms with Gasteiger partial charge in [-0.05, 0) is 72.2 Å². The Labute approximate surface area is 282 Å². The Morgan fingerprint density at radius 3 is 2.25 bits per heavy atom. The van der Waals surface area contributed by atoms with Gasteiger partial charge in [-0.3, -0.25) is 14.4 Å². The minimum absolute atomic E-state index is 0.0368. The number of thioether (sulfide) groups is 1. The van der Waals surface area contributed by atoms with Gasteiger partial charge < -0.3 is 20.5 Å². The van der Waals surface area contributed by atoms with E-state index < -0.39 is 11.2 Å². The third-order valence-corrected chi connectivity index (χ3v) is 9.55. The third kappa shape index (κ3) is 6.65. The van der Waals surface area contributed by atoms with Crippen LogP contribution in [0.1, 0.15) is 32.3 Å². The van der Waals surface area contributed by atoms with E-state index in [-0.39, 0.29) is 17.5 Å². The molecule has 1 aromatic heterocycles. The Morgan fingerprint density at radius 1 is 0.771 bits per heavy atom. The largest absolute Gasteiger partial charge is 0.361 e. The van der Waals surface area contributed by atoms with Crippen LogP contribution in [0.3, 0.4) is 0 Å². The monoisotopic (exact) mass is 648 g/mol. The molecule has 0 bridgehead atoms. The van der Waals surface area contributed by atoms with Crippen molar-refractivity contribution in [3.63, 3.8) is 0 Å². The maximum absolute atomic E-state index is 14.0. The number of rotatable bonds is 9. The second-order valence-corrected chi connectivity index (χ2v) is 12.6. The molecule has 3 amide bonds. The number of hydrogen-bond acceptors (Lipinski definition) is 4. The van der Waals surface area contributed by atoms with Crippen LogP contribution in [-0.2, 0) is 16.0 Å². The van der Waals surface area contributed by atoms with Gasteiger partial charge in [0.1, 0.15) is 10.9 Å². The van der Waals surface area contributed by atoms with Crippen molar-refractivity contribution in [1.29, 1.82) is 0 Å². The molecule has 0 saturated heterocycles. The summed E-state index contributed by atoms with van der Waals surface area (Å²) in [5.41, 5.74) is 5.87. The fourth-order valence-electron chi connectivity index (χ4n) is 5.86. The summed E-state index contributed by atoms with van der Waals surface area (Å²) in [5.74, 6) is -0.814. The molecule has 1 atom stereocenters. The molecule has 48 heavy (non-hydrogen) atoms. The van der Waals surface area contributed by atoms with Crippen molar-refractivity contribution < 1.29 is 14.4 Å². The lowest BCUT2D eigenvalue weighted by Crippen LogP contribution is -2.32. The number of nitrogens with one attached hydrogen (secondary N) is 3. The number of benzene rings is 5. The molecular formula is C40H32N4O3S. The number of H-pyrrole nitrogens is 1. The van der Waals surface area contributed by atoms with Crippen molar-refractivity contribution in [3.8, 4) is 0 Å². The maximum atomic E-state index is 14.0. The van der Waals surface area contributed by atoms with E-state index in [0.717, 1.165) is 39.0 Å². The van der Waals surface area contributed by atoms with Crippen molar-refractivity contribution in [2.75, 3.05) is 16.8 Å². The fraction of sp³-hybridized carbons (Fsp3) is 0.0750. The highest BCUT2D eigenvalue weighted by Gasteiger charge is 2.31. The van der Waals surface area contributed by atoms with E-state index in [1.807, 2.05) is 102 Å². The summed E-state index contributed by atoms with van der Waals surface area (Å²) in [6, 6.07) is 41.8. The number of aromatic amines is 1. The van der Waals surface area contributed by atoms with Crippen LogP contribution in [-0.4, -0.2) is 29.3 Å². The summed E-state index contributed by atoms with van der Waals surface area (Å²) < 4.78 is 0. The van der Waals surface area contributed by atoms with E-state index in [2.05, 4.69) is 21.7 Å². The second kappa shape index (κ2) is 13.9. The topological polar surface area (TPSA) is 94.3 Å². The molecule has 2 heterocycles. The van der Waals surface area contributed by atoms with Crippen molar-refractivity contribution >= 4 is 57.8 Å². The summed E-state index contributed by atoms with van der Waals surface area (Å²) in [6.45, 7) is 0.655. The molecule has 0 fully saturated rings. The quantitative estimate of drug-likeness (QED) is 0.109. The zero-order chi connectivity index (χ0) is 32.9. The standard InChI is InChI=1S/C40H32N4O3S/c45-38(29-14-5-2-6-15-29)43-35(25-30-26-41-34-17-9-8-16-33(30)34)39(46)42-31-19-21-32(22-20-31)48-37(28-12-3-1-4-13-28)40(47)44-24-23-27-11-7-10-18-36(27)44/h1-22,25-26,37,41H,23-24H2,(H,42,46)(H,43,45)/b35-25-/t37-/m0/s1. The number of para-hydroxylation sites is 2. The molecule has 0 saturated carbocycles. The molecule has 0 spiro atoms. The molecule has 236 valence electrons. The van der Waals surface area contributed by atoms with E-state index in [9.17, 15) is 14.4 Å². The molecule has 1 aliphatic heterocycles. The molecule has 6 aromatic rings. The van der Waals surface area contributed by atoms with Crippen molar-refractivity contribution in [2.24, 2.45) is 0 Å². The molecular weight excluding hydrogens is 617 g/mol. The molecule has 7 nitrogen and oxygen atoms in total. The van der Waals surface area contributed by atoms with Crippen LogP contribution in [0.4, 0.5) is 11.4 Å². The molecule has 1 aliphatic rings. The van der Waals surface area contributed by atoms with Gasteiger partial charge in [0.05, 0.1) is 0 Å². The minimum Gasteiger partial charge on any atom is -0.361 e. The lowest BCUT2D eigenvalue weighted by molar-refractivity contribution is -0.118. The first-order valence-corrected chi connectivity index (χ1v) is 16.6. The first-order chi connectivity index (χ1) is 23.5. The van der Waals surface area contributed by atoms with Gasteiger partial charge in [-0.2, -0.15) is 0 Å². The van der Waals surface area contributed by atoms with Gasteiger partial charge in [-0.25, -0.2) is 0 Å². The number of carbonyl (C=O) groups is 3. The average Bonchev–Trinajstić information content (AvgIpc) is 3.76. The first-order valence-electron chi connectivity index (χ1n) is 15.7. The highest BCUT2D eigenvalue weighted by molar-refractivity contribution is 8.00. The highest BCUT2D eigenvalue weighted by atomic mass is 32.2. The van der Waals surface area contributed by atoms with Crippen LogP contribution in [0, 0.1) is 0 Å². The number of hydrogen-bond donors (Lipinski definition) is 3. The molecule has 0 unspecified atom stereocenters. The van der Waals surface area contributed by atoms with Crippen molar-refractivity contribution in [2.45, 2.75) is 16.6 Å². The minimum atomic E-state index is -0.463. The Hall–Kier alpha value is -5.86. The van der Waals surface area contributed by atoms with Gasteiger partial charge in [0.2, 0.25) is 5.91 Å². The summed E-state index contributed by atoms with van der Waals surface area (Å²) in [7, 11) is 0. The zero-order valence-corrected chi connectivity index (χ0v) is 26.7. The van der Waals surface area contributed by atoms with E-state index in [4.69, 9.17) is 0 Å². The van der Waals surface area contributed by atoms with Crippen molar-refractivity contribution in [3.05, 3.63) is 168 Å². The molecule has 5 aromatic carbocycles. The van der Waals surface area contributed by atoms with Crippen LogP contribution in [0.5, 0.6) is 0 Å². The van der Waals surface area contributed by atoms with Gasteiger partial charge >= 0.3 is 0 Å². The molecule has 0 aliphatic carbocycles. The summed E-state index contributed by atoms with van der Waals surface area (Å²) in [6.07, 6.45) is 4.32. The lowest BCUT2D eigenvalue weighted by atomic mass is 10.1. The zero-order valence-electron chi connectivity index (χ0n) is 25.9. The summed E-state index contributed by atoms with van der Waals surface area (Å²) >= 11 is 1.48. The van der Waals surface area contributed by atoms with Gasteiger partial charge in [0.25, 0.3) is 11.8 Å². The Morgan fingerprint density at radius 2 is 1.46 bits per heavy atom. The maximum Gasteiger partial charge on any atom is 0.272 e. The number of fused-ring (bicyclic) bond motifs is 2. The van der Waals surface area contributed by atoms with E-state index in [1.54, 1.807) is 42.5 Å². The SMILES string of the molecule is O=C(Nc1ccc(S[C@H](C(=O)N2CCc3ccccc32)c2ccccc2)cc1)/C(=C/c1c[nH]c2ccccc12)NC(=O)c1ccccc1. The van der Waals surface area contributed by atoms with Crippen LogP contribution < -0.4 is 15.5 Å². The predicted octanol–water partition coefficient (Wildman–Crippen LogP) is 8.00. The predicted molar refractivity (Wildman–Crippen MR) is 193 cm³/mol. The van der Waals surface area contributed by atoms with Crippen LogP contribution in [0.25, 0.3) is 17.0 Å². The Kier molecular flexibility index (Phi) is 8.89. The highest BCUT2D eigenvalue weighted by Crippen LogP contribution is 2.40. The van der Waals surface area contributed by atoms with Crippen LogP contribution >= 0.6 is 11.8 Å². The Bertz CT molecular complexity index is 2130. The first kappa shape index (κ1) is 30.8. The summed E-state index contributed by atoms with van der Waals surface area (Å²) in [5, 5.41) is 6.22. The van der Waals surface area contributed by atoms with Gasteiger partial charge in [0, 0.05) is 51.0 Å². The smallest absolute Gasteiger partial charge is 0.272 e. The fourth-order valence-corrected chi connectivity index (χ4v) is 6.95. The normalized spacial score (nSPS) is 13.2. The van der Waals surface area contributed by atoms with E-state index in [1.165, 1.54) is 17.3 Å². The van der Waals surface area contributed by atoms with Crippen LogP contribution in [0.15, 0.2) is 150 Å². The number of amides is 3. The van der Waals surface area contributed by atoms with Crippen LogP contribution in [0.2, 0.25) is 0 Å². The van der Waals surface area contributed by atoms with Gasteiger partial charge in [-0.1, -0.05) is 84.9 Å². The number of carbonyl (C=O) groups excluding carboxylic acids is 3. The number of nitrogens with zero attached hydrogens (tertiary/aromatic N) is 1. The van der Waals surface area contributed by atoms with Gasteiger partial charge in [0.15, 0.2) is 0 Å². The average molecular weight is 649 g/mol. The second-order valence-electron chi connectivity index (χ2n) is 11.4. The molecule has 8 heteroatoms. The Balaban J connectivity index is 1.11. The number of anilines is 2. The molecule has 0 radical (unpaired) electrons. The van der Waals surface area contributed by atoms with Gasteiger partial charge in [-0.15, -0.1) is 11.8 Å². The van der Waals surface area contributed by atoms with E-state index in [0.29, 0.717) is 17.8 Å².